The lowest BCUT2D eigenvalue weighted by atomic mass is 9.81. The number of esters is 1. The minimum absolute atomic E-state index is 0.100. The van der Waals surface area contributed by atoms with Crippen molar-refractivity contribution in [2.45, 2.75) is 76.0 Å². The molecule has 1 aromatic heterocycles. The molecule has 0 saturated carbocycles. The van der Waals surface area contributed by atoms with E-state index in [1.165, 1.54) is 47.0 Å². The third-order valence-electron chi connectivity index (χ3n) is 6.86. The zero-order chi connectivity index (χ0) is 27.9. The summed E-state index contributed by atoms with van der Waals surface area (Å²) in [6.45, 7) is 11.2. The van der Waals surface area contributed by atoms with Crippen molar-refractivity contribution in [2.75, 3.05) is 32.1 Å². The second-order valence-electron chi connectivity index (χ2n) is 11.0. The van der Waals surface area contributed by atoms with E-state index >= 15 is 0 Å². The largest absolute Gasteiger partial charge is 0.462 e. The molecule has 1 fully saturated rings. The number of sulfonamides is 1. The van der Waals surface area contributed by atoms with Crippen LogP contribution >= 0.6 is 11.3 Å². The van der Waals surface area contributed by atoms with Gasteiger partial charge in [0.2, 0.25) is 10.0 Å². The molecule has 4 rings (SSSR count). The summed E-state index contributed by atoms with van der Waals surface area (Å²) < 4.78 is 38.2. The number of likely N-dealkylation sites (N-methyl/N-ethyl adjacent to an activating group) is 1. The highest BCUT2D eigenvalue weighted by atomic mass is 32.2. The number of fused-ring (bicyclic) bond motifs is 1. The first-order valence-corrected chi connectivity index (χ1v) is 15.1. The first-order valence-electron chi connectivity index (χ1n) is 12.9. The van der Waals surface area contributed by atoms with Gasteiger partial charge in [-0.1, -0.05) is 0 Å². The van der Waals surface area contributed by atoms with Crippen LogP contribution in [0.1, 0.15) is 78.6 Å². The standard InChI is InChI=1S/C27H37N3O6S2/c1-7-35-25(32)21-20-15-26(2,3)29-27(4,5)22(20)37-24(21)28-23(31)17-10-12-19(13-11-17)38(33,34)30(6)16-18-9-8-14-36-18/h10-13,18,29H,7-9,14-16H2,1-6H3,(H,28,31)/t18-/m0/s1. The molecule has 2 N–H and O–H groups in total. The maximum absolute atomic E-state index is 13.2. The molecule has 208 valence electrons. The lowest BCUT2D eigenvalue weighted by molar-refractivity contribution is 0.0525. The molecule has 2 aliphatic rings. The number of nitrogens with one attached hydrogen (secondary N) is 2. The van der Waals surface area contributed by atoms with Gasteiger partial charge in [-0.2, -0.15) is 4.31 Å². The van der Waals surface area contributed by atoms with Crippen molar-refractivity contribution < 1.29 is 27.5 Å². The Hall–Kier alpha value is -2.31. The number of ether oxygens (including phenoxy) is 2. The lowest BCUT2D eigenvalue weighted by Crippen LogP contribution is -2.55. The summed E-state index contributed by atoms with van der Waals surface area (Å²) in [5.41, 5.74) is 0.895. The van der Waals surface area contributed by atoms with Gasteiger partial charge in [0.05, 0.1) is 23.2 Å². The first kappa shape index (κ1) is 28.7. The number of benzene rings is 1. The summed E-state index contributed by atoms with van der Waals surface area (Å²) in [7, 11) is -2.19. The zero-order valence-corrected chi connectivity index (χ0v) is 24.5. The number of amides is 1. The molecule has 3 heterocycles. The number of hydrogen-bond acceptors (Lipinski definition) is 8. The third kappa shape index (κ3) is 5.81. The second kappa shape index (κ2) is 10.7. The maximum Gasteiger partial charge on any atom is 0.341 e. The molecular weight excluding hydrogens is 526 g/mol. The molecule has 1 amide bonds. The van der Waals surface area contributed by atoms with Crippen LogP contribution in [0, 0.1) is 0 Å². The SMILES string of the molecule is CCOC(=O)c1c(NC(=O)c2ccc(S(=O)(=O)N(C)C[C@@H]3CCCO3)cc2)sc2c1CC(C)(C)NC2(C)C. The Morgan fingerprint density at radius 3 is 2.50 bits per heavy atom. The van der Waals surface area contributed by atoms with Gasteiger partial charge in [0, 0.05) is 41.7 Å². The fourth-order valence-corrected chi connectivity index (χ4v) is 7.80. The number of carbonyl (C=O) groups excluding carboxylic acids is 2. The van der Waals surface area contributed by atoms with Gasteiger partial charge >= 0.3 is 5.97 Å². The van der Waals surface area contributed by atoms with Gasteiger partial charge < -0.3 is 20.1 Å². The fraction of sp³-hybridized carbons (Fsp3) is 0.556. The lowest BCUT2D eigenvalue weighted by Gasteiger charge is -2.42. The molecule has 2 aliphatic heterocycles. The van der Waals surface area contributed by atoms with Crippen molar-refractivity contribution in [3.8, 4) is 0 Å². The highest BCUT2D eigenvalue weighted by molar-refractivity contribution is 7.89. The fourth-order valence-electron chi connectivity index (χ4n) is 5.34. The van der Waals surface area contributed by atoms with E-state index in [0.29, 0.717) is 23.6 Å². The molecule has 0 bridgehead atoms. The Morgan fingerprint density at radius 2 is 1.89 bits per heavy atom. The van der Waals surface area contributed by atoms with Crippen LogP contribution in [-0.2, 0) is 31.5 Å². The number of thiophene rings is 1. The van der Waals surface area contributed by atoms with Crippen LogP contribution in [0.15, 0.2) is 29.2 Å². The van der Waals surface area contributed by atoms with E-state index < -0.39 is 27.4 Å². The molecule has 11 heteroatoms. The van der Waals surface area contributed by atoms with Gasteiger partial charge in [0.1, 0.15) is 5.00 Å². The first-order chi connectivity index (χ1) is 17.7. The van der Waals surface area contributed by atoms with Crippen LogP contribution in [0.5, 0.6) is 0 Å². The number of rotatable bonds is 8. The summed E-state index contributed by atoms with van der Waals surface area (Å²) in [5, 5.41) is 6.94. The van der Waals surface area contributed by atoms with Crippen LogP contribution in [0.3, 0.4) is 0 Å². The van der Waals surface area contributed by atoms with Crippen molar-refractivity contribution in [2.24, 2.45) is 0 Å². The smallest absolute Gasteiger partial charge is 0.341 e. The van der Waals surface area contributed by atoms with Crippen LogP contribution in [0.25, 0.3) is 0 Å². The van der Waals surface area contributed by atoms with Crippen LogP contribution in [0.2, 0.25) is 0 Å². The predicted octanol–water partition coefficient (Wildman–Crippen LogP) is 4.14. The van der Waals surface area contributed by atoms with Gasteiger partial charge in [-0.05, 0) is 83.7 Å². The average Bonchev–Trinajstić information content (AvgIpc) is 3.46. The summed E-state index contributed by atoms with van der Waals surface area (Å²) in [5.74, 6) is -0.902. The van der Waals surface area contributed by atoms with Gasteiger partial charge in [-0.3, -0.25) is 4.79 Å². The minimum atomic E-state index is -3.72. The van der Waals surface area contributed by atoms with Crippen molar-refractivity contribution in [1.29, 1.82) is 0 Å². The zero-order valence-electron chi connectivity index (χ0n) is 22.8. The third-order valence-corrected chi connectivity index (χ3v) is 10.2. The molecule has 1 aromatic carbocycles. The average molecular weight is 564 g/mol. The molecule has 9 nitrogen and oxygen atoms in total. The van der Waals surface area contributed by atoms with Crippen molar-refractivity contribution in [3.05, 3.63) is 45.8 Å². The van der Waals surface area contributed by atoms with Gasteiger partial charge in [0.15, 0.2) is 0 Å². The number of nitrogens with zero attached hydrogens (tertiary/aromatic N) is 1. The van der Waals surface area contributed by atoms with E-state index in [0.717, 1.165) is 23.3 Å². The number of hydrogen-bond donors (Lipinski definition) is 2. The van der Waals surface area contributed by atoms with E-state index in [1.54, 1.807) is 6.92 Å². The summed E-state index contributed by atoms with van der Waals surface area (Å²) in [4.78, 5) is 27.3. The highest BCUT2D eigenvalue weighted by Crippen LogP contribution is 2.45. The Bertz CT molecular complexity index is 1310. The quantitative estimate of drug-likeness (QED) is 0.464. The Labute approximate surface area is 228 Å². The van der Waals surface area contributed by atoms with Gasteiger partial charge in [0.25, 0.3) is 5.91 Å². The Morgan fingerprint density at radius 1 is 1.21 bits per heavy atom. The van der Waals surface area contributed by atoms with E-state index in [2.05, 4.69) is 38.3 Å². The maximum atomic E-state index is 13.2. The molecule has 2 aromatic rings. The van der Waals surface area contributed by atoms with E-state index in [1.807, 2.05) is 0 Å². The van der Waals surface area contributed by atoms with Crippen molar-refractivity contribution in [1.82, 2.24) is 9.62 Å². The molecule has 1 saturated heterocycles. The van der Waals surface area contributed by atoms with Crippen molar-refractivity contribution >= 4 is 38.2 Å². The van der Waals surface area contributed by atoms with Crippen LogP contribution in [0.4, 0.5) is 5.00 Å². The van der Waals surface area contributed by atoms with Gasteiger partial charge in [-0.25, -0.2) is 13.2 Å². The van der Waals surface area contributed by atoms with Crippen LogP contribution < -0.4 is 10.6 Å². The van der Waals surface area contributed by atoms with Crippen LogP contribution in [-0.4, -0.2) is 63.0 Å². The second-order valence-corrected chi connectivity index (χ2v) is 14.1. The molecule has 0 radical (unpaired) electrons. The van der Waals surface area contributed by atoms with E-state index in [-0.39, 0.29) is 35.3 Å². The minimum Gasteiger partial charge on any atom is -0.462 e. The highest BCUT2D eigenvalue weighted by Gasteiger charge is 2.42. The molecular formula is C27H37N3O6S2. The molecule has 0 aliphatic carbocycles. The Kier molecular flexibility index (Phi) is 8.07. The monoisotopic (exact) mass is 563 g/mol. The number of anilines is 1. The summed E-state index contributed by atoms with van der Waals surface area (Å²) in [6.07, 6.45) is 2.28. The number of carbonyl (C=O) groups is 2. The predicted molar refractivity (Wildman–Crippen MR) is 147 cm³/mol. The van der Waals surface area contributed by atoms with E-state index in [9.17, 15) is 18.0 Å². The molecule has 1 atom stereocenters. The summed E-state index contributed by atoms with van der Waals surface area (Å²) >= 11 is 1.36. The Balaban J connectivity index is 1.58. The summed E-state index contributed by atoms with van der Waals surface area (Å²) in [6, 6.07) is 5.82. The molecule has 0 unspecified atom stereocenters. The molecule has 38 heavy (non-hydrogen) atoms. The van der Waals surface area contributed by atoms with Gasteiger partial charge in [-0.15, -0.1) is 11.3 Å². The van der Waals surface area contributed by atoms with Crippen molar-refractivity contribution in [3.63, 3.8) is 0 Å². The molecule has 0 spiro atoms. The topological polar surface area (TPSA) is 114 Å². The normalized spacial score (nSPS) is 20.2. The van der Waals surface area contributed by atoms with E-state index in [4.69, 9.17) is 9.47 Å².